The highest BCUT2D eigenvalue weighted by Gasteiger charge is 2.21. The highest BCUT2D eigenvalue weighted by atomic mass is 16.5. The molecule has 1 amide bonds. The second kappa shape index (κ2) is 11.0. The number of guanidine groups is 1. The van der Waals surface area contributed by atoms with Crippen LogP contribution >= 0.6 is 0 Å². The van der Waals surface area contributed by atoms with Gasteiger partial charge in [-0.3, -0.25) is 14.7 Å². The van der Waals surface area contributed by atoms with Crippen molar-refractivity contribution >= 4 is 11.9 Å². The Labute approximate surface area is 169 Å². The smallest absolute Gasteiger partial charge is 0.253 e. The summed E-state index contributed by atoms with van der Waals surface area (Å²) < 4.78 is 5.88. The molecule has 1 aromatic rings. The van der Waals surface area contributed by atoms with Crippen molar-refractivity contribution in [3.8, 4) is 0 Å². The molecule has 28 heavy (non-hydrogen) atoms. The quantitative estimate of drug-likeness (QED) is 0.545. The molecule has 7 nitrogen and oxygen atoms in total. The van der Waals surface area contributed by atoms with Crippen molar-refractivity contribution in [2.24, 2.45) is 10.9 Å². The lowest BCUT2D eigenvalue weighted by Crippen LogP contribution is -2.50. The lowest BCUT2D eigenvalue weighted by atomic mass is 10.1. The van der Waals surface area contributed by atoms with Gasteiger partial charge in [-0.2, -0.15) is 0 Å². The number of hydrogen-bond acceptors (Lipinski definition) is 4. The fourth-order valence-corrected chi connectivity index (χ4v) is 3.23. The Hall–Kier alpha value is -2.12. The summed E-state index contributed by atoms with van der Waals surface area (Å²) in [6, 6.07) is 7.64. The van der Waals surface area contributed by atoms with Crippen molar-refractivity contribution in [3.05, 3.63) is 35.4 Å². The molecule has 0 spiro atoms. The predicted octanol–water partition coefficient (Wildman–Crippen LogP) is 1.41. The van der Waals surface area contributed by atoms with Gasteiger partial charge < -0.3 is 20.3 Å². The normalized spacial score (nSPS) is 18.2. The van der Waals surface area contributed by atoms with Crippen LogP contribution in [0.1, 0.15) is 29.8 Å². The molecule has 7 heteroatoms. The third kappa shape index (κ3) is 7.13. The van der Waals surface area contributed by atoms with E-state index in [1.165, 1.54) is 0 Å². The molecule has 2 N–H and O–H groups in total. The lowest BCUT2D eigenvalue weighted by Gasteiger charge is -2.34. The van der Waals surface area contributed by atoms with Crippen LogP contribution in [-0.2, 0) is 11.3 Å². The van der Waals surface area contributed by atoms with Gasteiger partial charge in [0.15, 0.2) is 5.96 Å². The number of nitrogens with zero attached hydrogens (tertiary/aromatic N) is 3. The molecule has 1 heterocycles. The van der Waals surface area contributed by atoms with Gasteiger partial charge in [0.25, 0.3) is 5.91 Å². The maximum Gasteiger partial charge on any atom is 0.253 e. The number of ether oxygens (including phenoxy) is 1. The van der Waals surface area contributed by atoms with Crippen molar-refractivity contribution in [1.82, 2.24) is 20.4 Å². The van der Waals surface area contributed by atoms with E-state index in [0.717, 1.165) is 44.3 Å². The first-order valence-corrected chi connectivity index (χ1v) is 9.98. The van der Waals surface area contributed by atoms with Gasteiger partial charge in [-0.1, -0.05) is 26.0 Å². The zero-order valence-corrected chi connectivity index (χ0v) is 17.9. The molecule has 0 radical (unpaired) electrons. The Morgan fingerprint density at radius 2 is 2.00 bits per heavy atom. The van der Waals surface area contributed by atoms with Crippen LogP contribution in [0.4, 0.5) is 0 Å². The zero-order valence-electron chi connectivity index (χ0n) is 17.9. The first-order valence-electron chi connectivity index (χ1n) is 9.98. The van der Waals surface area contributed by atoms with Crippen LogP contribution in [0.2, 0.25) is 0 Å². The monoisotopic (exact) mass is 389 g/mol. The molecule has 0 saturated carbocycles. The summed E-state index contributed by atoms with van der Waals surface area (Å²) in [4.78, 5) is 20.3. The summed E-state index contributed by atoms with van der Waals surface area (Å²) >= 11 is 0. The summed E-state index contributed by atoms with van der Waals surface area (Å²) in [6.07, 6.45) is 0.169. The SMILES string of the molecule is CN=C(NCc1ccc(C(=O)N(C)C)cc1)NCC1CN(CC(C)C)CCO1. The fourth-order valence-electron chi connectivity index (χ4n) is 3.23. The van der Waals surface area contributed by atoms with Gasteiger partial charge in [0, 0.05) is 59.4 Å². The number of benzene rings is 1. The van der Waals surface area contributed by atoms with E-state index in [1.807, 2.05) is 24.3 Å². The number of rotatable bonds is 7. The lowest BCUT2D eigenvalue weighted by molar-refractivity contribution is -0.0284. The van der Waals surface area contributed by atoms with Crippen LogP contribution in [0.25, 0.3) is 0 Å². The molecule has 0 aromatic heterocycles. The average Bonchev–Trinajstić information content (AvgIpc) is 2.67. The third-order valence-electron chi connectivity index (χ3n) is 4.63. The molecule has 1 fully saturated rings. The maximum absolute atomic E-state index is 12.0. The van der Waals surface area contributed by atoms with Gasteiger partial charge >= 0.3 is 0 Å². The van der Waals surface area contributed by atoms with Gasteiger partial charge in [-0.25, -0.2) is 0 Å². The van der Waals surface area contributed by atoms with Crippen molar-refractivity contribution in [1.29, 1.82) is 0 Å². The maximum atomic E-state index is 12.0. The number of aliphatic imine (C=N–C) groups is 1. The highest BCUT2D eigenvalue weighted by molar-refractivity contribution is 5.93. The zero-order chi connectivity index (χ0) is 20.5. The molecule has 156 valence electrons. The first kappa shape index (κ1) is 22.2. The van der Waals surface area contributed by atoms with Crippen LogP contribution in [0, 0.1) is 5.92 Å². The van der Waals surface area contributed by atoms with Crippen molar-refractivity contribution in [3.63, 3.8) is 0 Å². The number of carbonyl (C=O) groups is 1. The molecule has 0 bridgehead atoms. The highest BCUT2D eigenvalue weighted by Crippen LogP contribution is 2.08. The Morgan fingerprint density at radius 3 is 2.61 bits per heavy atom. The Morgan fingerprint density at radius 1 is 1.29 bits per heavy atom. The molecule has 1 aliphatic heterocycles. The van der Waals surface area contributed by atoms with Crippen LogP contribution < -0.4 is 10.6 Å². The molecule has 1 atom stereocenters. The summed E-state index contributed by atoms with van der Waals surface area (Å²) in [5.41, 5.74) is 1.78. The van der Waals surface area contributed by atoms with E-state index in [2.05, 4.69) is 34.4 Å². The van der Waals surface area contributed by atoms with E-state index in [4.69, 9.17) is 4.74 Å². The fraction of sp³-hybridized carbons (Fsp3) is 0.619. The number of hydrogen-bond donors (Lipinski definition) is 2. The van der Waals surface area contributed by atoms with Crippen LogP contribution in [0.15, 0.2) is 29.3 Å². The van der Waals surface area contributed by atoms with Crippen molar-refractivity contribution < 1.29 is 9.53 Å². The predicted molar refractivity (Wildman–Crippen MR) is 114 cm³/mol. The Balaban J connectivity index is 1.77. The minimum absolute atomic E-state index is 0.0102. The van der Waals surface area contributed by atoms with Gasteiger partial charge in [-0.15, -0.1) is 0 Å². The van der Waals surface area contributed by atoms with Gasteiger partial charge in [0.2, 0.25) is 0 Å². The van der Waals surface area contributed by atoms with E-state index in [-0.39, 0.29) is 12.0 Å². The second-order valence-corrected chi connectivity index (χ2v) is 7.85. The van der Waals surface area contributed by atoms with Gasteiger partial charge in [0.05, 0.1) is 12.7 Å². The van der Waals surface area contributed by atoms with Crippen LogP contribution in [-0.4, -0.2) is 81.7 Å². The topological polar surface area (TPSA) is 69.2 Å². The van der Waals surface area contributed by atoms with Crippen LogP contribution in [0.3, 0.4) is 0 Å². The summed E-state index contributed by atoms with van der Waals surface area (Å²) in [7, 11) is 5.28. The molecule has 1 saturated heterocycles. The molecule has 1 aliphatic rings. The number of carbonyl (C=O) groups excluding carboxylic acids is 1. The van der Waals surface area contributed by atoms with Crippen molar-refractivity contribution in [2.45, 2.75) is 26.5 Å². The molecule has 1 aromatic carbocycles. The minimum Gasteiger partial charge on any atom is -0.374 e. The summed E-state index contributed by atoms with van der Waals surface area (Å²) in [5.74, 6) is 1.43. The van der Waals surface area contributed by atoms with E-state index >= 15 is 0 Å². The number of morpholine rings is 1. The van der Waals surface area contributed by atoms with Crippen molar-refractivity contribution in [2.75, 3.05) is 53.9 Å². The van der Waals surface area contributed by atoms with E-state index in [0.29, 0.717) is 18.0 Å². The Kier molecular flexibility index (Phi) is 8.73. The standard InChI is InChI=1S/C21H35N5O2/c1-16(2)14-26-10-11-28-19(15-26)13-24-21(22-3)23-12-17-6-8-18(9-7-17)20(27)25(4)5/h6-9,16,19H,10-15H2,1-5H3,(H2,22,23,24). The molecular weight excluding hydrogens is 354 g/mol. The molecule has 1 unspecified atom stereocenters. The molecule has 2 rings (SSSR count). The summed E-state index contributed by atoms with van der Waals surface area (Å²) in [5, 5.41) is 6.67. The first-order chi connectivity index (χ1) is 13.4. The second-order valence-electron chi connectivity index (χ2n) is 7.85. The minimum atomic E-state index is 0.0102. The number of amides is 1. The summed E-state index contributed by atoms with van der Waals surface area (Å²) in [6.45, 7) is 9.71. The Bertz CT molecular complexity index is 643. The largest absolute Gasteiger partial charge is 0.374 e. The average molecular weight is 390 g/mol. The van der Waals surface area contributed by atoms with Gasteiger partial charge in [-0.05, 0) is 23.6 Å². The molecular formula is C21H35N5O2. The van der Waals surface area contributed by atoms with E-state index in [1.54, 1.807) is 26.0 Å². The van der Waals surface area contributed by atoms with Crippen LogP contribution in [0.5, 0.6) is 0 Å². The van der Waals surface area contributed by atoms with E-state index in [9.17, 15) is 4.79 Å². The van der Waals surface area contributed by atoms with E-state index < -0.39 is 0 Å². The number of nitrogens with one attached hydrogen (secondary N) is 2. The third-order valence-corrected chi connectivity index (χ3v) is 4.63. The molecule has 0 aliphatic carbocycles. The van der Waals surface area contributed by atoms with Gasteiger partial charge in [0.1, 0.15) is 0 Å².